The zero-order valence-electron chi connectivity index (χ0n) is 26.9. The van der Waals surface area contributed by atoms with Crippen LogP contribution < -0.4 is 20.7 Å². The van der Waals surface area contributed by atoms with E-state index in [9.17, 15) is 14.7 Å². The number of hydrogen-bond donors (Lipinski definition) is 4. The second-order valence-electron chi connectivity index (χ2n) is 12.2. The normalized spacial score (nSPS) is 17.9. The number of pyridine rings is 2. The fourth-order valence-electron chi connectivity index (χ4n) is 6.42. The number of nitrogens with zero attached hydrogens (tertiary/aromatic N) is 3. The first kappa shape index (κ1) is 34.9. The van der Waals surface area contributed by atoms with E-state index < -0.39 is 17.8 Å². The zero-order valence-corrected chi connectivity index (χ0v) is 30.1. The number of benzene rings is 2. The Balaban J connectivity index is 1.21. The number of aliphatic carboxylic acids is 1. The van der Waals surface area contributed by atoms with Crippen LogP contribution in [-0.2, 0) is 22.7 Å². The van der Waals surface area contributed by atoms with Crippen molar-refractivity contribution >= 4 is 55.2 Å². The van der Waals surface area contributed by atoms with Gasteiger partial charge in [0.2, 0.25) is 11.8 Å². The third-order valence-electron chi connectivity index (χ3n) is 8.98. The summed E-state index contributed by atoms with van der Waals surface area (Å²) in [4.78, 5) is 34.2. The molecule has 4 heterocycles. The second-order valence-corrected chi connectivity index (χ2v) is 13.8. The van der Waals surface area contributed by atoms with E-state index in [2.05, 4.69) is 52.8 Å². The van der Waals surface area contributed by atoms with E-state index in [-0.39, 0.29) is 24.3 Å². The van der Waals surface area contributed by atoms with Crippen LogP contribution in [0.15, 0.2) is 69.7 Å². The fourth-order valence-corrected chi connectivity index (χ4v) is 7.67. The minimum Gasteiger partial charge on any atom is -0.481 e. The Morgan fingerprint density at radius 1 is 1.04 bits per heavy atom. The van der Waals surface area contributed by atoms with Crippen molar-refractivity contribution in [2.45, 2.75) is 57.3 Å². The van der Waals surface area contributed by atoms with Gasteiger partial charge in [0.15, 0.2) is 11.6 Å². The second kappa shape index (κ2) is 15.8. The van der Waals surface area contributed by atoms with Gasteiger partial charge in [-0.1, -0.05) is 42.8 Å². The Bertz CT molecular complexity index is 1860. The van der Waals surface area contributed by atoms with Gasteiger partial charge >= 0.3 is 5.97 Å². The fraction of sp³-hybridized carbons (Fsp3) is 0.333. The monoisotopic (exact) mass is 794 g/mol. The molecule has 2 saturated heterocycles. The summed E-state index contributed by atoms with van der Waals surface area (Å²) in [5.74, 6) is -0.722. The van der Waals surface area contributed by atoms with E-state index in [0.717, 1.165) is 51.7 Å². The van der Waals surface area contributed by atoms with E-state index in [1.165, 1.54) is 6.20 Å². The Labute approximate surface area is 301 Å². The quantitative estimate of drug-likeness (QED) is 0.120. The largest absolute Gasteiger partial charge is 0.481 e. The van der Waals surface area contributed by atoms with Crippen molar-refractivity contribution in [1.29, 1.82) is 0 Å². The number of likely N-dealkylation sites (tertiary alicyclic amines) is 1. The number of aromatic nitrogens is 2. The molecule has 13 heteroatoms. The van der Waals surface area contributed by atoms with Crippen LogP contribution in [0, 0.1) is 5.82 Å². The van der Waals surface area contributed by atoms with E-state index >= 15 is 4.39 Å². The highest BCUT2D eigenvalue weighted by atomic mass is 79.9. The number of carbonyl (C=O) groups is 2. The number of piperidine rings is 1. The minimum atomic E-state index is -0.879. The summed E-state index contributed by atoms with van der Waals surface area (Å²) < 4.78 is 23.0. The molecule has 49 heavy (non-hydrogen) atoms. The van der Waals surface area contributed by atoms with Gasteiger partial charge in [0.05, 0.1) is 18.5 Å². The molecule has 4 aromatic rings. The third-order valence-corrected chi connectivity index (χ3v) is 10.7. The number of hydrogen-bond acceptors (Lipinski definition) is 8. The summed E-state index contributed by atoms with van der Waals surface area (Å²) in [5, 5.41) is 19.2. The van der Waals surface area contributed by atoms with E-state index in [4.69, 9.17) is 9.72 Å². The minimum absolute atomic E-state index is 0.0610. The van der Waals surface area contributed by atoms with Gasteiger partial charge in [0, 0.05) is 63.9 Å². The average Bonchev–Trinajstić information content (AvgIpc) is 3.52. The van der Waals surface area contributed by atoms with Gasteiger partial charge < -0.3 is 25.8 Å². The van der Waals surface area contributed by atoms with Crippen molar-refractivity contribution in [3.05, 3.63) is 86.7 Å². The Hall–Kier alpha value is -3.91. The molecule has 2 aliphatic heterocycles. The van der Waals surface area contributed by atoms with Crippen LogP contribution in [0.5, 0.6) is 5.88 Å². The number of methoxy groups -OCH3 is 1. The number of carboxylic acid groups (broad SMARTS) is 1. The van der Waals surface area contributed by atoms with E-state index in [1.807, 2.05) is 53.4 Å². The number of amides is 1. The van der Waals surface area contributed by atoms with E-state index in [1.54, 1.807) is 13.2 Å². The maximum atomic E-state index is 15.8. The number of nitrogens with one attached hydrogen (secondary N) is 3. The van der Waals surface area contributed by atoms with Crippen LogP contribution in [0.1, 0.15) is 43.2 Å². The molecule has 0 spiro atoms. The molecule has 2 atom stereocenters. The Kier molecular flexibility index (Phi) is 11.2. The molecule has 6 rings (SSSR count). The van der Waals surface area contributed by atoms with Crippen LogP contribution in [-0.4, -0.2) is 64.1 Å². The SMILES string of the molecule is COc1nc(-c2cccc(-c3cccc(Nc4nccc(CN5CCCCC5C(=O)O)c4F)c3Br)c2Br)ccc1CNC[C@@H]1CCC(=O)N1. The summed E-state index contributed by atoms with van der Waals surface area (Å²) in [5.41, 5.74) is 5.27. The van der Waals surface area contributed by atoms with Crippen LogP contribution in [0.3, 0.4) is 0 Å². The lowest BCUT2D eigenvalue weighted by molar-refractivity contribution is -0.144. The van der Waals surface area contributed by atoms with Crippen molar-refractivity contribution in [2.24, 2.45) is 0 Å². The van der Waals surface area contributed by atoms with Crippen molar-refractivity contribution in [3.8, 4) is 28.3 Å². The molecule has 10 nitrogen and oxygen atoms in total. The average molecular weight is 797 g/mol. The maximum absolute atomic E-state index is 15.8. The molecule has 2 aliphatic rings. The molecule has 0 radical (unpaired) electrons. The molecular formula is C36H37Br2FN6O4. The van der Waals surface area contributed by atoms with Crippen LogP contribution >= 0.6 is 31.9 Å². The van der Waals surface area contributed by atoms with Gasteiger partial charge in [-0.3, -0.25) is 14.5 Å². The van der Waals surface area contributed by atoms with Crippen LogP contribution in [0.25, 0.3) is 22.4 Å². The van der Waals surface area contributed by atoms with Gasteiger partial charge in [-0.25, -0.2) is 14.4 Å². The standard InChI is InChI=1S/C36H37Br2FN6O4/c1-49-35-21(18-40-19-23-12-14-30(46)42-23)11-13-27(44-35)26-8-4-6-24(31(26)37)25-7-5-9-28(32(25)38)43-34-33(39)22(15-16-41-34)20-45-17-3-2-10-29(45)36(47)48/h4-9,11,13,15-16,23,29,40H,2-3,10,12,14,17-20H2,1H3,(H,41,43)(H,42,46)(H,47,48)/t23-,29?/m0/s1. The number of anilines is 2. The van der Waals surface area contributed by atoms with E-state index in [0.29, 0.717) is 54.1 Å². The van der Waals surface area contributed by atoms with Crippen molar-refractivity contribution < 1.29 is 23.8 Å². The van der Waals surface area contributed by atoms with Crippen LogP contribution in [0.4, 0.5) is 15.9 Å². The van der Waals surface area contributed by atoms with Gasteiger partial charge in [-0.15, -0.1) is 0 Å². The number of carbonyl (C=O) groups excluding carboxylic acids is 1. The lowest BCUT2D eigenvalue weighted by Gasteiger charge is -2.33. The molecule has 0 aliphatic carbocycles. The van der Waals surface area contributed by atoms with Crippen molar-refractivity contribution in [3.63, 3.8) is 0 Å². The number of halogens is 3. The lowest BCUT2D eigenvalue weighted by atomic mass is 10.0. The smallest absolute Gasteiger partial charge is 0.320 e. The van der Waals surface area contributed by atoms with Crippen LogP contribution in [0.2, 0.25) is 0 Å². The molecule has 0 saturated carbocycles. The van der Waals surface area contributed by atoms with Gasteiger partial charge in [0.1, 0.15) is 6.04 Å². The molecule has 1 unspecified atom stereocenters. The first-order chi connectivity index (χ1) is 23.7. The molecule has 0 bridgehead atoms. The highest BCUT2D eigenvalue weighted by molar-refractivity contribution is 9.11. The highest BCUT2D eigenvalue weighted by Gasteiger charge is 2.29. The maximum Gasteiger partial charge on any atom is 0.320 e. The first-order valence-electron chi connectivity index (χ1n) is 16.2. The van der Waals surface area contributed by atoms with Gasteiger partial charge in [-0.05, 0) is 87.0 Å². The molecular weight excluding hydrogens is 759 g/mol. The predicted octanol–water partition coefficient (Wildman–Crippen LogP) is 7.03. The molecule has 2 aromatic heterocycles. The predicted molar refractivity (Wildman–Crippen MR) is 193 cm³/mol. The molecule has 2 aromatic carbocycles. The third kappa shape index (κ3) is 7.95. The first-order valence-corrected chi connectivity index (χ1v) is 17.8. The Morgan fingerprint density at radius 3 is 2.57 bits per heavy atom. The number of carboxylic acids is 1. The summed E-state index contributed by atoms with van der Waals surface area (Å²) in [6.07, 6.45) is 5.22. The molecule has 4 N–H and O–H groups in total. The lowest BCUT2D eigenvalue weighted by Crippen LogP contribution is -2.44. The van der Waals surface area contributed by atoms with Crippen molar-refractivity contribution in [1.82, 2.24) is 25.5 Å². The van der Waals surface area contributed by atoms with Gasteiger partial charge in [0.25, 0.3) is 0 Å². The summed E-state index contributed by atoms with van der Waals surface area (Å²) >= 11 is 7.57. The molecule has 1 amide bonds. The Morgan fingerprint density at radius 2 is 1.82 bits per heavy atom. The zero-order chi connectivity index (χ0) is 34.5. The highest BCUT2D eigenvalue weighted by Crippen LogP contribution is 2.42. The topological polar surface area (TPSA) is 129 Å². The number of ether oxygens (including phenoxy) is 1. The summed E-state index contributed by atoms with van der Waals surface area (Å²) in [6.45, 7) is 2.02. The van der Waals surface area contributed by atoms with Crippen molar-refractivity contribution in [2.75, 3.05) is 25.5 Å². The molecule has 2 fully saturated rings. The molecule has 256 valence electrons. The summed E-state index contributed by atoms with van der Waals surface area (Å²) in [6, 6.07) is 16.7. The van der Waals surface area contributed by atoms with Gasteiger partial charge in [-0.2, -0.15) is 0 Å². The number of rotatable bonds is 12. The summed E-state index contributed by atoms with van der Waals surface area (Å²) in [7, 11) is 1.60.